The highest BCUT2D eigenvalue weighted by Crippen LogP contribution is 2.33. The average molecular weight is 484 g/mol. The van der Waals surface area contributed by atoms with Crippen molar-refractivity contribution in [1.82, 2.24) is 15.5 Å². The van der Waals surface area contributed by atoms with Crippen molar-refractivity contribution >= 4 is 29.9 Å². The third kappa shape index (κ3) is 5.05. The summed E-state index contributed by atoms with van der Waals surface area (Å²) < 4.78 is 25.9. The topological polar surface area (TPSA) is 101 Å². The van der Waals surface area contributed by atoms with E-state index in [9.17, 15) is 18.8 Å². The second-order valence-electron chi connectivity index (χ2n) is 8.88. The number of carbonyl (C=O) groups is 3. The smallest absolute Gasteiger partial charge is 0.257 e. The molecule has 0 aliphatic carbocycles. The molecular formula is C26H30FN3O5. The van der Waals surface area contributed by atoms with Crippen molar-refractivity contribution in [1.29, 1.82) is 0 Å². The van der Waals surface area contributed by atoms with Crippen LogP contribution in [0.3, 0.4) is 0 Å². The lowest BCUT2D eigenvalue weighted by atomic mass is 9.91. The molecule has 0 bridgehead atoms. The summed E-state index contributed by atoms with van der Waals surface area (Å²) in [5.41, 5.74) is 1.54. The van der Waals surface area contributed by atoms with Gasteiger partial charge >= 0.3 is 0 Å². The molecule has 1 atom stereocenters. The molecule has 2 heterocycles. The van der Waals surface area contributed by atoms with Gasteiger partial charge in [0.25, 0.3) is 5.91 Å². The van der Waals surface area contributed by atoms with E-state index in [-0.39, 0.29) is 37.2 Å². The third-order valence-electron chi connectivity index (χ3n) is 5.96. The van der Waals surface area contributed by atoms with Crippen LogP contribution in [-0.2, 0) is 22.6 Å². The van der Waals surface area contributed by atoms with Crippen molar-refractivity contribution in [2.45, 2.75) is 39.3 Å². The van der Waals surface area contributed by atoms with Crippen LogP contribution < -0.4 is 15.4 Å². The molecule has 0 saturated carbocycles. The van der Waals surface area contributed by atoms with Crippen LogP contribution in [0.25, 0.3) is 11.6 Å². The molecule has 9 heteroatoms. The highest BCUT2D eigenvalue weighted by molar-refractivity contribution is 6.00. The van der Waals surface area contributed by atoms with Gasteiger partial charge in [-0.15, -0.1) is 0 Å². The van der Waals surface area contributed by atoms with E-state index in [0.29, 0.717) is 22.7 Å². The van der Waals surface area contributed by atoms with E-state index in [4.69, 9.17) is 9.15 Å². The van der Waals surface area contributed by atoms with E-state index >= 15 is 0 Å². The van der Waals surface area contributed by atoms with Crippen LogP contribution in [0.1, 0.15) is 53.8 Å². The van der Waals surface area contributed by atoms with Gasteiger partial charge in [-0.3, -0.25) is 19.7 Å². The third-order valence-corrected chi connectivity index (χ3v) is 5.96. The summed E-state index contributed by atoms with van der Waals surface area (Å²) in [5.74, 6) is -0.944. The fraction of sp³-hybridized carbons (Fsp3) is 0.346. The monoisotopic (exact) mass is 483 g/mol. The first-order valence-electron chi connectivity index (χ1n) is 11.1. The molecular weight excluding hydrogens is 453 g/mol. The molecule has 1 aromatic carbocycles. The number of methoxy groups -OCH3 is 1. The fourth-order valence-electron chi connectivity index (χ4n) is 4.28. The quantitative estimate of drug-likeness (QED) is 0.503. The summed E-state index contributed by atoms with van der Waals surface area (Å²) in [6, 6.07) is 4.89. The summed E-state index contributed by atoms with van der Waals surface area (Å²) in [6.45, 7) is 9.65. The zero-order chi connectivity index (χ0) is 25.9. The number of hydrogen-bond donors (Lipinski definition) is 2. The van der Waals surface area contributed by atoms with Crippen molar-refractivity contribution in [2.75, 3.05) is 20.7 Å². The molecule has 0 unspecified atom stereocenters. The van der Waals surface area contributed by atoms with E-state index < -0.39 is 23.2 Å². The Kier molecular flexibility index (Phi) is 7.60. The minimum atomic E-state index is -1.44. The molecule has 1 aromatic heterocycles. The van der Waals surface area contributed by atoms with Crippen LogP contribution in [0, 0.1) is 5.82 Å². The summed E-state index contributed by atoms with van der Waals surface area (Å²) in [4.78, 5) is 38.8. The Morgan fingerprint density at radius 3 is 2.63 bits per heavy atom. The van der Waals surface area contributed by atoms with Crippen molar-refractivity contribution < 1.29 is 27.9 Å². The second kappa shape index (κ2) is 10.3. The van der Waals surface area contributed by atoms with Crippen molar-refractivity contribution in [3.8, 4) is 5.75 Å². The summed E-state index contributed by atoms with van der Waals surface area (Å²) >= 11 is 0. The number of amides is 3. The first-order chi connectivity index (χ1) is 16.6. The van der Waals surface area contributed by atoms with Gasteiger partial charge in [0, 0.05) is 25.1 Å². The second-order valence-corrected chi connectivity index (χ2v) is 8.88. The molecule has 1 aliphatic heterocycles. The number of furan rings is 1. The number of carbonyl (C=O) groups excluding carboxylic acids is 3. The Labute approximate surface area is 203 Å². The van der Waals surface area contributed by atoms with Gasteiger partial charge in [-0.2, -0.15) is 0 Å². The molecule has 0 saturated heterocycles. The molecule has 8 nitrogen and oxygen atoms in total. The van der Waals surface area contributed by atoms with Crippen molar-refractivity contribution in [3.63, 3.8) is 0 Å². The Morgan fingerprint density at radius 1 is 1.34 bits per heavy atom. The number of likely N-dealkylation sites (N-methyl/N-ethyl adjacent to an activating group) is 1. The standard InChI is InChI=1S/C26H30FN3O5/c1-15(2)9-18-10-19(35-23(18)16(3)4)11-26(28-5,25(33)29-14-31)13-30-12-17-7-8-20(34-6)22(27)21(17)24(30)32/h7-10,14,28H,3,11-13H2,1-2,4-6H3,(H,29,31,33)/t26-/m1/s1. The van der Waals surface area contributed by atoms with Gasteiger partial charge in [0.15, 0.2) is 11.6 Å². The average Bonchev–Trinajstić information content (AvgIpc) is 3.33. The van der Waals surface area contributed by atoms with Gasteiger partial charge < -0.3 is 19.4 Å². The maximum Gasteiger partial charge on any atom is 0.257 e. The Balaban J connectivity index is 2.00. The highest BCUT2D eigenvalue weighted by atomic mass is 19.1. The summed E-state index contributed by atoms with van der Waals surface area (Å²) in [7, 11) is 2.88. The van der Waals surface area contributed by atoms with Gasteiger partial charge in [-0.05, 0) is 51.1 Å². The Bertz CT molecular complexity index is 1210. The van der Waals surface area contributed by atoms with Gasteiger partial charge in [0.1, 0.15) is 17.1 Å². The van der Waals surface area contributed by atoms with Crippen LogP contribution in [0.15, 0.2) is 34.8 Å². The molecule has 2 aromatic rings. The lowest BCUT2D eigenvalue weighted by molar-refractivity contribution is -0.131. The zero-order valence-electron chi connectivity index (χ0n) is 20.6. The van der Waals surface area contributed by atoms with Gasteiger partial charge in [-0.25, -0.2) is 4.39 Å². The van der Waals surface area contributed by atoms with E-state index in [2.05, 4.69) is 17.2 Å². The predicted octanol–water partition coefficient (Wildman–Crippen LogP) is 3.31. The molecule has 186 valence electrons. The lowest BCUT2D eigenvalue weighted by Crippen LogP contribution is -2.62. The van der Waals surface area contributed by atoms with Crippen molar-refractivity contribution in [3.05, 3.63) is 64.4 Å². The summed E-state index contributed by atoms with van der Waals surface area (Å²) in [5, 5.41) is 5.17. The molecule has 3 rings (SSSR count). The molecule has 0 radical (unpaired) electrons. The molecule has 2 N–H and O–H groups in total. The van der Waals surface area contributed by atoms with E-state index in [1.54, 1.807) is 13.1 Å². The van der Waals surface area contributed by atoms with E-state index in [1.807, 2.05) is 32.9 Å². The van der Waals surface area contributed by atoms with Crippen molar-refractivity contribution in [2.24, 2.45) is 0 Å². The Hall–Kier alpha value is -3.72. The number of allylic oxidation sites excluding steroid dienone is 2. The Morgan fingerprint density at radius 2 is 2.06 bits per heavy atom. The van der Waals surface area contributed by atoms with Gasteiger partial charge in [0.05, 0.1) is 12.7 Å². The van der Waals surface area contributed by atoms with Crippen LogP contribution >= 0.6 is 0 Å². The normalized spacial score (nSPS) is 14.2. The number of nitrogens with zero attached hydrogens (tertiary/aromatic N) is 1. The number of imide groups is 1. The largest absolute Gasteiger partial charge is 0.494 e. The number of rotatable bonds is 10. The minimum absolute atomic E-state index is 0.0198. The number of fused-ring (bicyclic) bond motifs is 1. The van der Waals surface area contributed by atoms with E-state index in [0.717, 1.165) is 11.1 Å². The number of halogens is 1. The zero-order valence-corrected chi connectivity index (χ0v) is 20.6. The highest BCUT2D eigenvalue weighted by Gasteiger charge is 2.44. The number of ether oxygens (including phenoxy) is 1. The molecule has 0 fully saturated rings. The number of benzene rings is 1. The first kappa shape index (κ1) is 25.9. The van der Waals surface area contributed by atoms with Gasteiger partial charge in [-0.1, -0.05) is 24.3 Å². The first-order valence-corrected chi connectivity index (χ1v) is 11.1. The van der Waals surface area contributed by atoms with Crippen LogP contribution in [-0.4, -0.2) is 49.4 Å². The molecule has 1 aliphatic rings. The molecule has 0 spiro atoms. The minimum Gasteiger partial charge on any atom is -0.494 e. The fourth-order valence-corrected chi connectivity index (χ4v) is 4.28. The van der Waals surface area contributed by atoms with E-state index in [1.165, 1.54) is 18.1 Å². The van der Waals surface area contributed by atoms with Gasteiger partial charge in [0.2, 0.25) is 12.3 Å². The number of nitrogens with one attached hydrogen (secondary N) is 2. The van der Waals surface area contributed by atoms with Crippen LogP contribution in [0.2, 0.25) is 0 Å². The van der Waals surface area contributed by atoms with Crippen LogP contribution in [0.5, 0.6) is 5.75 Å². The number of hydrogen-bond acceptors (Lipinski definition) is 6. The summed E-state index contributed by atoms with van der Waals surface area (Å²) in [6.07, 6.45) is 2.25. The maximum absolute atomic E-state index is 14.8. The predicted molar refractivity (Wildman–Crippen MR) is 130 cm³/mol. The molecule has 3 amide bonds. The molecule has 35 heavy (non-hydrogen) atoms. The van der Waals surface area contributed by atoms with Crippen LogP contribution in [0.4, 0.5) is 4.39 Å². The SMILES string of the molecule is C=C(C)c1oc(C[C@](CN2Cc3ccc(OC)c(F)c3C2=O)(NC)C(=O)NC=O)cc1C=C(C)C. The lowest BCUT2D eigenvalue weighted by Gasteiger charge is -2.34. The maximum atomic E-state index is 14.8.